The van der Waals surface area contributed by atoms with Gasteiger partial charge in [-0.3, -0.25) is 4.98 Å². The number of rotatable bonds is 9. The zero-order valence-electron chi connectivity index (χ0n) is 17.6. The number of hydrogen-bond acceptors (Lipinski definition) is 6. The number of pyridine rings is 1. The van der Waals surface area contributed by atoms with E-state index in [0.717, 1.165) is 22.6 Å². The topological polar surface area (TPSA) is 74.1 Å². The largest absolute Gasteiger partial charge is 0.493 e. The van der Waals surface area contributed by atoms with Crippen LogP contribution in [0.5, 0.6) is 11.5 Å². The zero-order chi connectivity index (χ0) is 21.5. The van der Waals surface area contributed by atoms with Gasteiger partial charge in [0, 0.05) is 30.5 Å². The number of aromatic nitrogens is 4. The van der Waals surface area contributed by atoms with E-state index in [0.29, 0.717) is 18.9 Å². The van der Waals surface area contributed by atoms with Crippen molar-refractivity contribution in [3.8, 4) is 17.2 Å². The molecule has 2 aromatic heterocycles. The summed E-state index contributed by atoms with van der Waals surface area (Å²) in [5.74, 6) is 1.43. The second-order valence-corrected chi connectivity index (χ2v) is 7.17. The molecule has 0 aliphatic rings. The fourth-order valence-corrected chi connectivity index (χ4v) is 3.23. The van der Waals surface area contributed by atoms with Crippen molar-refractivity contribution in [3.63, 3.8) is 0 Å². The van der Waals surface area contributed by atoms with E-state index < -0.39 is 0 Å². The van der Waals surface area contributed by atoms with Gasteiger partial charge in [0.15, 0.2) is 11.5 Å². The van der Waals surface area contributed by atoms with Crippen LogP contribution in [0.15, 0.2) is 79.6 Å². The molecule has 0 spiro atoms. The number of ether oxygens (including phenoxy) is 2. The fourth-order valence-electron chi connectivity index (χ4n) is 3.23. The molecule has 0 aliphatic carbocycles. The lowest BCUT2D eigenvalue weighted by Gasteiger charge is -2.16. The van der Waals surface area contributed by atoms with Gasteiger partial charge in [0.25, 0.3) is 0 Å². The van der Waals surface area contributed by atoms with E-state index in [1.807, 2.05) is 42.5 Å². The first-order chi connectivity index (χ1) is 15.2. The highest BCUT2D eigenvalue weighted by molar-refractivity contribution is 5.43. The van der Waals surface area contributed by atoms with Gasteiger partial charge in [-0.25, -0.2) is 9.67 Å². The minimum Gasteiger partial charge on any atom is -0.493 e. The van der Waals surface area contributed by atoms with Gasteiger partial charge in [-0.15, -0.1) is 0 Å². The van der Waals surface area contributed by atoms with Crippen LogP contribution in [0.25, 0.3) is 5.69 Å². The third-order valence-corrected chi connectivity index (χ3v) is 5.03. The molecule has 158 valence electrons. The second-order valence-electron chi connectivity index (χ2n) is 7.17. The molecular weight excluding hydrogens is 390 g/mol. The molecule has 7 nitrogen and oxygen atoms in total. The number of methoxy groups -OCH3 is 1. The van der Waals surface area contributed by atoms with Crippen molar-refractivity contribution in [1.82, 2.24) is 25.1 Å². The van der Waals surface area contributed by atoms with Crippen LogP contribution in [0.1, 0.15) is 29.7 Å². The maximum atomic E-state index is 5.99. The predicted octanol–water partition coefficient (Wildman–Crippen LogP) is 4.10. The molecule has 0 unspecified atom stereocenters. The van der Waals surface area contributed by atoms with Crippen LogP contribution in [0, 0.1) is 0 Å². The number of nitrogens with one attached hydrogen (secondary N) is 1. The molecule has 31 heavy (non-hydrogen) atoms. The number of nitrogens with zero attached hydrogens (tertiary/aromatic N) is 4. The van der Waals surface area contributed by atoms with Gasteiger partial charge in [-0.05, 0) is 48.4 Å². The normalized spacial score (nSPS) is 11.8. The molecule has 0 saturated carbocycles. The molecule has 2 heterocycles. The molecule has 1 N–H and O–H groups in total. The SMILES string of the molecule is COc1ccc(CN[C@@H](C)c2ccc(-n3cncn3)cc2)cc1OCc1cccnc1. The summed E-state index contributed by atoms with van der Waals surface area (Å²) in [4.78, 5) is 8.11. The molecular formula is C24H25N5O2. The Morgan fingerprint density at radius 3 is 2.58 bits per heavy atom. The van der Waals surface area contributed by atoms with E-state index in [9.17, 15) is 0 Å². The summed E-state index contributed by atoms with van der Waals surface area (Å²) in [6.07, 6.45) is 6.77. The molecule has 1 atom stereocenters. The van der Waals surface area contributed by atoms with Crippen molar-refractivity contribution >= 4 is 0 Å². The Kier molecular flexibility index (Phi) is 6.54. The lowest BCUT2D eigenvalue weighted by molar-refractivity contribution is 0.283. The highest BCUT2D eigenvalue weighted by Crippen LogP contribution is 2.29. The molecule has 0 bridgehead atoms. The van der Waals surface area contributed by atoms with Gasteiger partial charge >= 0.3 is 0 Å². The molecule has 0 fully saturated rings. The van der Waals surface area contributed by atoms with Crippen LogP contribution >= 0.6 is 0 Å². The lowest BCUT2D eigenvalue weighted by atomic mass is 10.1. The van der Waals surface area contributed by atoms with Crippen molar-refractivity contribution in [2.45, 2.75) is 26.1 Å². The Hall–Kier alpha value is -3.71. The van der Waals surface area contributed by atoms with Crippen LogP contribution in [0.2, 0.25) is 0 Å². The summed E-state index contributed by atoms with van der Waals surface area (Å²) in [6.45, 7) is 3.29. The van der Waals surface area contributed by atoms with E-state index in [4.69, 9.17) is 9.47 Å². The van der Waals surface area contributed by atoms with Crippen molar-refractivity contribution in [2.75, 3.05) is 7.11 Å². The average molecular weight is 415 g/mol. The quantitative estimate of drug-likeness (QED) is 0.444. The number of hydrogen-bond donors (Lipinski definition) is 1. The van der Waals surface area contributed by atoms with Gasteiger partial charge in [0.05, 0.1) is 12.8 Å². The van der Waals surface area contributed by atoms with Gasteiger partial charge < -0.3 is 14.8 Å². The van der Waals surface area contributed by atoms with E-state index in [1.165, 1.54) is 11.9 Å². The first-order valence-corrected chi connectivity index (χ1v) is 10.1. The van der Waals surface area contributed by atoms with Gasteiger partial charge in [0.2, 0.25) is 0 Å². The first kappa shape index (κ1) is 20.6. The lowest BCUT2D eigenvalue weighted by Crippen LogP contribution is -2.18. The molecule has 4 rings (SSSR count). The maximum Gasteiger partial charge on any atom is 0.161 e. The zero-order valence-corrected chi connectivity index (χ0v) is 17.6. The molecule has 0 radical (unpaired) electrons. The first-order valence-electron chi connectivity index (χ1n) is 10.1. The Morgan fingerprint density at radius 2 is 1.87 bits per heavy atom. The summed E-state index contributed by atoms with van der Waals surface area (Å²) < 4.78 is 13.2. The third-order valence-electron chi connectivity index (χ3n) is 5.03. The van der Waals surface area contributed by atoms with Crippen LogP contribution < -0.4 is 14.8 Å². The molecule has 0 amide bonds. The molecule has 7 heteroatoms. The Labute approximate surface area is 181 Å². The Morgan fingerprint density at radius 1 is 1.00 bits per heavy atom. The minimum atomic E-state index is 0.187. The Bertz CT molecular complexity index is 1080. The van der Waals surface area contributed by atoms with Gasteiger partial charge in [0.1, 0.15) is 19.3 Å². The number of benzene rings is 2. The fraction of sp³-hybridized carbons (Fsp3) is 0.208. The molecule has 4 aromatic rings. The highest BCUT2D eigenvalue weighted by atomic mass is 16.5. The van der Waals surface area contributed by atoms with E-state index in [1.54, 1.807) is 30.5 Å². The average Bonchev–Trinajstić information content (AvgIpc) is 3.37. The molecule has 0 saturated heterocycles. The summed E-state index contributed by atoms with van der Waals surface area (Å²) in [6, 6.07) is 18.4. The summed E-state index contributed by atoms with van der Waals surface area (Å²) in [5, 5.41) is 7.72. The van der Waals surface area contributed by atoms with Crippen molar-refractivity contribution in [3.05, 3.63) is 96.3 Å². The highest BCUT2D eigenvalue weighted by Gasteiger charge is 2.09. The van der Waals surface area contributed by atoms with Gasteiger partial charge in [-0.2, -0.15) is 5.10 Å². The van der Waals surface area contributed by atoms with Crippen molar-refractivity contribution < 1.29 is 9.47 Å². The third kappa shape index (κ3) is 5.26. The summed E-state index contributed by atoms with van der Waals surface area (Å²) in [5.41, 5.74) is 4.31. The smallest absolute Gasteiger partial charge is 0.161 e. The minimum absolute atomic E-state index is 0.187. The Balaban J connectivity index is 1.38. The van der Waals surface area contributed by atoms with Crippen molar-refractivity contribution in [1.29, 1.82) is 0 Å². The summed E-state index contributed by atoms with van der Waals surface area (Å²) in [7, 11) is 1.65. The van der Waals surface area contributed by atoms with Crippen molar-refractivity contribution in [2.24, 2.45) is 0 Å². The monoisotopic (exact) mass is 415 g/mol. The molecule has 0 aliphatic heterocycles. The summed E-state index contributed by atoms with van der Waals surface area (Å²) >= 11 is 0. The van der Waals surface area contributed by atoms with Crippen LogP contribution in [-0.2, 0) is 13.2 Å². The standard InChI is InChI=1S/C24H25N5O2/c1-18(21-6-8-22(9-7-21)29-17-26-16-28-29)27-14-19-5-10-23(30-2)24(12-19)31-15-20-4-3-11-25-13-20/h3-13,16-18,27H,14-15H2,1-2H3/t18-/m0/s1. The van der Waals surface area contributed by atoms with E-state index >= 15 is 0 Å². The van der Waals surface area contributed by atoms with Crippen LogP contribution in [-0.4, -0.2) is 26.9 Å². The van der Waals surface area contributed by atoms with Crippen LogP contribution in [0.4, 0.5) is 0 Å². The predicted molar refractivity (Wildman–Crippen MR) is 118 cm³/mol. The second kappa shape index (κ2) is 9.86. The van der Waals surface area contributed by atoms with E-state index in [-0.39, 0.29) is 6.04 Å². The van der Waals surface area contributed by atoms with Gasteiger partial charge in [-0.1, -0.05) is 24.3 Å². The van der Waals surface area contributed by atoms with E-state index in [2.05, 4.69) is 39.4 Å². The van der Waals surface area contributed by atoms with Crippen LogP contribution in [0.3, 0.4) is 0 Å². The maximum absolute atomic E-state index is 5.99. The molecule has 2 aromatic carbocycles.